The molecule has 23 heavy (non-hydrogen) atoms. The largest absolute Gasteiger partial charge is 0.390 e. The maximum absolute atomic E-state index is 10.3. The number of rotatable bonds is 8. The van der Waals surface area contributed by atoms with Crippen molar-refractivity contribution in [2.24, 2.45) is 0 Å². The van der Waals surface area contributed by atoms with Crippen molar-refractivity contribution in [1.29, 1.82) is 0 Å². The summed E-state index contributed by atoms with van der Waals surface area (Å²) < 4.78 is 6.04. The highest BCUT2D eigenvalue weighted by atomic mass is 16.5. The second-order valence-corrected chi connectivity index (χ2v) is 7.50. The first-order valence-corrected chi connectivity index (χ1v) is 9.52. The number of β-amino-alcohol motifs (C(OH)–C–C–N with tert-alkyl or cyclic N) is 1. The van der Waals surface area contributed by atoms with E-state index in [1.54, 1.807) is 0 Å². The van der Waals surface area contributed by atoms with E-state index >= 15 is 0 Å². The molecule has 1 heterocycles. The molecule has 2 fully saturated rings. The summed E-state index contributed by atoms with van der Waals surface area (Å²) in [5.74, 6) is 0. The second-order valence-electron chi connectivity index (χ2n) is 7.50. The molecule has 0 aromatic rings. The van der Waals surface area contributed by atoms with Crippen LogP contribution in [0.3, 0.4) is 0 Å². The van der Waals surface area contributed by atoms with Crippen molar-refractivity contribution in [1.82, 2.24) is 14.7 Å². The molecule has 1 unspecified atom stereocenters. The van der Waals surface area contributed by atoms with Gasteiger partial charge in [-0.25, -0.2) is 0 Å². The minimum absolute atomic E-state index is 0.263. The van der Waals surface area contributed by atoms with E-state index in [0.717, 1.165) is 52.4 Å². The number of hydrogen-bond donors (Lipinski definition) is 1. The minimum Gasteiger partial charge on any atom is -0.390 e. The Hall–Kier alpha value is -0.200. The number of likely N-dealkylation sites (N-methyl/N-ethyl adjacent to an activating group) is 2. The molecule has 5 nitrogen and oxygen atoms in total. The van der Waals surface area contributed by atoms with Crippen LogP contribution in [-0.4, -0.2) is 98.5 Å². The Balaban J connectivity index is 1.53. The van der Waals surface area contributed by atoms with Gasteiger partial charge in [0.2, 0.25) is 0 Å². The summed E-state index contributed by atoms with van der Waals surface area (Å²) in [4.78, 5) is 6.93. The molecule has 0 aromatic carbocycles. The van der Waals surface area contributed by atoms with Crippen molar-refractivity contribution in [3.63, 3.8) is 0 Å². The van der Waals surface area contributed by atoms with Crippen LogP contribution < -0.4 is 0 Å². The highest BCUT2D eigenvalue weighted by molar-refractivity contribution is 4.74. The molecule has 1 aliphatic carbocycles. The zero-order chi connectivity index (χ0) is 16.5. The number of hydrogen-bond acceptors (Lipinski definition) is 5. The Morgan fingerprint density at radius 1 is 1.09 bits per heavy atom. The standard InChI is InChI=1S/C18H37N3O2/c1-19-9-11-21(12-10-19)16-17(22)15-20(2)13-14-23-18-7-5-3-4-6-8-18/h17-18,22H,3-16H2,1-2H3. The van der Waals surface area contributed by atoms with Gasteiger partial charge in [0, 0.05) is 45.8 Å². The lowest BCUT2D eigenvalue weighted by molar-refractivity contribution is 0.0197. The topological polar surface area (TPSA) is 39.2 Å². The van der Waals surface area contributed by atoms with E-state index in [0.29, 0.717) is 6.10 Å². The van der Waals surface area contributed by atoms with Gasteiger partial charge >= 0.3 is 0 Å². The zero-order valence-corrected chi connectivity index (χ0v) is 15.3. The van der Waals surface area contributed by atoms with Crippen LogP contribution >= 0.6 is 0 Å². The SMILES string of the molecule is CN1CCN(CC(O)CN(C)CCOC2CCCCCC2)CC1. The second kappa shape index (κ2) is 10.6. The Kier molecular flexibility index (Phi) is 8.83. The van der Waals surface area contributed by atoms with Crippen LogP contribution in [0.5, 0.6) is 0 Å². The lowest BCUT2D eigenvalue weighted by atomic mass is 10.1. The number of aliphatic hydroxyl groups excluding tert-OH is 1. The predicted octanol–water partition coefficient (Wildman–Crippen LogP) is 1.27. The van der Waals surface area contributed by atoms with E-state index in [9.17, 15) is 5.11 Å². The van der Waals surface area contributed by atoms with Crippen LogP contribution in [0, 0.1) is 0 Å². The van der Waals surface area contributed by atoms with Crippen molar-refractivity contribution >= 4 is 0 Å². The van der Waals surface area contributed by atoms with E-state index in [4.69, 9.17) is 4.74 Å². The zero-order valence-electron chi connectivity index (χ0n) is 15.3. The molecule has 2 rings (SSSR count). The Morgan fingerprint density at radius 3 is 2.39 bits per heavy atom. The highest BCUT2D eigenvalue weighted by Crippen LogP contribution is 2.19. The Labute approximate surface area is 142 Å². The third-order valence-electron chi connectivity index (χ3n) is 5.22. The molecule has 0 aromatic heterocycles. The lowest BCUT2D eigenvalue weighted by Gasteiger charge is -2.34. The third-order valence-corrected chi connectivity index (χ3v) is 5.22. The van der Waals surface area contributed by atoms with Crippen LogP contribution in [0.1, 0.15) is 38.5 Å². The van der Waals surface area contributed by atoms with Gasteiger partial charge in [-0.05, 0) is 26.9 Å². The average Bonchev–Trinajstić information content (AvgIpc) is 2.78. The predicted molar refractivity (Wildman–Crippen MR) is 94.9 cm³/mol. The van der Waals surface area contributed by atoms with Gasteiger partial charge in [0.25, 0.3) is 0 Å². The lowest BCUT2D eigenvalue weighted by Crippen LogP contribution is -2.48. The van der Waals surface area contributed by atoms with Gasteiger partial charge in [-0.1, -0.05) is 25.7 Å². The molecule has 2 aliphatic rings. The van der Waals surface area contributed by atoms with Crippen molar-refractivity contribution in [3.8, 4) is 0 Å². The summed E-state index contributed by atoms with van der Waals surface area (Å²) in [6, 6.07) is 0. The molecule has 1 saturated heterocycles. The molecule has 136 valence electrons. The van der Waals surface area contributed by atoms with Gasteiger partial charge < -0.3 is 19.6 Å². The fourth-order valence-electron chi connectivity index (χ4n) is 3.62. The normalized spacial score (nSPS) is 24.0. The van der Waals surface area contributed by atoms with Gasteiger partial charge in [0.1, 0.15) is 0 Å². The van der Waals surface area contributed by atoms with Gasteiger partial charge in [0.05, 0.1) is 18.8 Å². The molecule has 1 N–H and O–H groups in total. The molecule has 1 atom stereocenters. The Morgan fingerprint density at radius 2 is 1.74 bits per heavy atom. The first-order chi connectivity index (χ1) is 11.1. The number of aliphatic hydroxyl groups is 1. The van der Waals surface area contributed by atoms with Gasteiger partial charge in [-0.3, -0.25) is 4.90 Å². The van der Waals surface area contributed by atoms with Crippen molar-refractivity contribution in [3.05, 3.63) is 0 Å². The average molecular weight is 328 g/mol. The summed E-state index contributed by atoms with van der Waals surface area (Å²) in [6.45, 7) is 7.60. The molecule has 1 saturated carbocycles. The Bertz CT molecular complexity index is 301. The maximum Gasteiger partial charge on any atom is 0.0793 e. The smallest absolute Gasteiger partial charge is 0.0793 e. The first-order valence-electron chi connectivity index (χ1n) is 9.52. The van der Waals surface area contributed by atoms with Gasteiger partial charge in [-0.15, -0.1) is 0 Å². The molecule has 0 bridgehead atoms. The van der Waals surface area contributed by atoms with Gasteiger partial charge in [-0.2, -0.15) is 0 Å². The summed E-state index contributed by atoms with van der Waals surface area (Å²) in [7, 11) is 4.25. The highest BCUT2D eigenvalue weighted by Gasteiger charge is 2.18. The van der Waals surface area contributed by atoms with Crippen molar-refractivity contribution in [2.75, 3.05) is 66.5 Å². The van der Waals surface area contributed by atoms with Crippen LogP contribution in [0.2, 0.25) is 0 Å². The monoisotopic (exact) mass is 327 g/mol. The number of ether oxygens (including phenoxy) is 1. The van der Waals surface area contributed by atoms with E-state index < -0.39 is 0 Å². The molecular weight excluding hydrogens is 290 g/mol. The van der Waals surface area contributed by atoms with E-state index in [2.05, 4.69) is 28.8 Å². The van der Waals surface area contributed by atoms with Crippen LogP contribution in [-0.2, 0) is 4.74 Å². The fourth-order valence-corrected chi connectivity index (χ4v) is 3.62. The number of piperazine rings is 1. The van der Waals surface area contributed by atoms with E-state index in [1.807, 2.05) is 0 Å². The summed E-state index contributed by atoms with van der Waals surface area (Å²) in [5, 5.41) is 10.3. The van der Waals surface area contributed by atoms with E-state index in [1.165, 1.54) is 38.5 Å². The molecule has 0 radical (unpaired) electrons. The van der Waals surface area contributed by atoms with Crippen molar-refractivity contribution < 1.29 is 9.84 Å². The van der Waals surface area contributed by atoms with E-state index in [-0.39, 0.29) is 6.10 Å². The quantitative estimate of drug-likeness (QED) is 0.680. The molecule has 1 aliphatic heterocycles. The maximum atomic E-state index is 10.3. The van der Waals surface area contributed by atoms with Crippen LogP contribution in [0.15, 0.2) is 0 Å². The summed E-state index contributed by atoms with van der Waals surface area (Å²) in [5.41, 5.74) is 0. The van der Waals surface area contributed by atoms with Crippen LogP contribution in [0.25, 0.3) is 0 Å². The molecule has 5 heteroatoms. The van der Waals surface area contributed by atoms with Gasteiger partial charge in [0.15, 0.2) is 0 Å². The third kappa shape index (κ3) is 7.94. The molecule has 0 spiro atoms. The fraction of sp³-hybridized carbons (Fsp3) is 1.00. The summed E-state index contributed by atoms with van der Waals surface area (Å²) in [6.07, 6.45) is 8.07. The minimum atomic E-state index is -0.263. The summed E-state index contributed by atoms with van der Waals surface area (Å²) >= 11 is 0. The van der Waals surface area contributed by atoms with Crippen LogP contribution in [0.4, 0.5) is 0 Å². The number of nitrogens with zero attached hydrogens (tertiary/aromatic N) is 3. The van der Waals surface area contributed by atoms with Crippen molar-refractivity contribution in [2.45, 2.75) is 50.7 Å². The molecular formula is C18H37N3O2. The first kappa shape index (κ1) is 19.1. The molecule has 0 amide bonds.